The van der Waals surface area contributed by atoms with Crippen molar-refractivity contribution in [2.75, 3.05) is 11.9 Å². The summed E-state index contributed by atoms with van der Waals surface area (Å²) in [6.45, 7) is 2.23. The molecule has 0 spiro atoms. The number of benzene rings is 1. The van der Waals surface area contributed by atoms with Crippen LogP contribution in [0.2, 0.25) is 0 Å². The minimum Gasteiger partial charge on any atom is -0.351 e. The fraction of sp³-hybridized carbons (Fsp3) is 0.273. The Balaban J connectivity index is 2.73. The lowest BCUT2D eigenvalue weighted by atomic mass is 10.1. The molecular weight excluding hydrogens is 204 g/mol. The largest absolute Gasteiger partial charge is 0.351 e. The number of carbonyl (C=O) groups excluding carboxylic acids is 1. The van der Waals surface area contributed by atoms with Crippen molar-refractivity contribution in [3.05, 3.63) is 29.8 Å². The van der Waals surface area contributed by atoms with Gasteiger partial charge in [0.15, 0.2) is 0 Å². The Labute approximate surface area is 94.2 Å². The molecule has 0 saturated carbocycles. The average molecular weight is 218 g/mol. The fourth-order valence-electron chi connectivity index (χ4n) is 1.34. The zero-order valence-electron chi connectivity index (χ0n) is 9.03. The van der Waals surface area contributed by atoms with E-state index in [4.69, 9.17) is 11.0 Å². The lowest BCUT2D eigenvalue weighted by Crippen LogP contribution is -2.21. The molecule has 0 bridgehead atoms. The molecule has 1 unspecified atom stereocenters. The molecule has 0 aliphatic heterocycles. The smallest absolute Gasteiger partial charge is 0.316 e. The molecule has 1 aromatic rings. The first-order chi connectivity index (χ1) is 7.63. The Hall–Kier alpha value is -2.06. The van der Waals surface area contributed by atoms with Gasteiger partial charge in [-0.3, -0.25) is 5.32 Å². The van der Waals surface area contributed by atoms with Crippen LogP contribution in [-0.2, 0) is 0 Å². The number of anilines is 1. The number of nitrogens with one attached hydrogen (secondary N) is 2. The highest BCUT2D eigenvalue weighted by molar-refractivity contribution is 5.87. The molecule has 5 heteroatoms. The number of hydrogen-bond donors (Lipinski definition) is 3. The van der Waals surface area contributed by atoms with Gasteiger partial charge in [0.05, 0.1) is 12.6 Å². The molecule has 4 N–H and O–H groups in total. The number of nitrogens with zero attached hydrogens (tertiary/aromatic N) is 1. The Morgan fingerprint density at radius 1 is 1.62 bits per heavy atom. The number of urea groups is 1. The first kappa shape index (κ1) is 12.0. The van der Waals surface area contributed by atoms with E-state index in [1.165, 1.54) is 0 Å². The van der Waals surface area contributed by atoms with E-state index >= 15 is 0 Å². The van der Waals surface area contributed by atoms with Gasteiger partial charge in [0.2, 0.25) is 0 Å². The van der Waals surface area contributed by atoms with Crippen molar-refractivity contribution < 1.29 is 4.79 Å². The van der Waals surface area contributed by atoms with Gasteiger partial charge in [0, 0.05) is 11.7 Å². The van der Waals surface area contributed by atoms with Crippen LogP contribution in [0.5, 0.6) is 0 Å². The summed E-state index contributed by atoms with van der Waals surface area (Å²) in [7, 11) is 0. The summed E-state index contributed by atoms with van der Waals surface area (Å²) in [5.41, 5.74) is 6.66. The molecule has 0 aliphatic carbocycles. The molecule has 1 atom stereocenters. The van der Waals surface area contributed by atoms with Crippen LogP contribution in [0.4, 0.5) is 10.5 Å². The Kier molecular flexibility index (Phi) is 4.30. The van der Waals surface area contributed by atoms with E-state index in [0.29, 0.717) is 5.69 Å². The van der Waals surface area contributed by atoms with Crippen LogP contribution >= 0.6 is 0 Å². The van der Waals surface area contributed by atoms with Crippen molar-refractivity contribution in [2.45, 2.75) is 13.0 Å². The zero-order valence-corrected chi connectivity index (χ0v) is 9.03. The maximum absolute atomic E-state index is 10.7. The van der Waals surface area contributed by atoms with Crippen LogP contribution < -0.4 is 16.4 Å². The molecule has 1 aromatic carbocycles. The molecule has 0 fully saturated rings. The van der Waals surface area contributed by atoms with E-state index in [9.17, 15) is 4.79 Å². The minimum atomic E-state index is -0.588. The standard InChI is InChI=1S/C11H14N4O/c1-8(14-6-5-12)9-3-2-4-10(7-9)15-11(13)16/h2-4,7-8,14H,6H2,1H3,(H3,13,15,16). The molecule has 0 radical (unpaired) electrons. The molecule has 0 saturated heterocycles. The van der Waals surface area contributed by atoms with Crippen LogP contribution in [0.1, 0.15) is 18.5 Å². The molecular formula is C11H14N4O. The van der Waals surface area contributed by atoms with Crippen molar-refractivity contribution in [3.8, 4) is 6.07 Å². The fourth-order valence-corrected chi connectivity index (χ4v) is 1.34. The van der Waals surface area contributed by atoms with Gasteiger partial charge in [-0.1, -0.05) is 12.1 Å². The van der Waals surface area contributed by atoms with Crippen LogP contribution in [0.3, 0.4) is 0 Å². The van der Waals surface area contributed by atoms with Gasteiger partial charge in [-0.15, -0.1) is 0 Å². The number of nitrogens with two attached hydrogens (primary N) is 1. The lowest BCUT2D eigenvalue weighted by Gasteiger charge is -2.13. The van der Waals surface area contributed by atoms with Gasteiger partial charge in [-0.25, -0.2) is 4.79 Å². The SMILES string of the molecule is CC(NCC#N)c1cccc(NC(N)=O)c1. The van der Waals surface area contributed by atoms with Crippen molar-refractivity contribution in [2.24, 2.45) is 5.73 Å². The Morgan fingerprint density at radius 2 is 2.38 bits per heavy atom. The van der Waals surface area contributed by atoms with Gasteiger partial charge >= 0.3 is 6.03 Å². The number of primary amides is 1. The first-order valence-electron chi connectivity index (χ1n) is 4.90. The molecule has 0 aromatic heterocycles. The van der Waals surface area contributed by atoms with E-state index in [1.807, 2.05) is 31.2 Å². The summed E-state index contributed by atoms with van der Waals surface area (Å²) in [5.74, 6) is 0. The number of rotatable bonds is 4. The molecule has 5 nitrogen and oxygen atoms in total. The number of hydrogen-bond acceptors (Lipinski definition) is 3. The van der Waals surface area contributed by atoms with Gasteiger partial charge in [0.1, 0.15) is 0 Å². The van der Waals surface area contributed by atoms with Crippen molar-refractivity contribution in [3.63, 3.8) is 0 Å². The Morgan fingerprint density at radius 3 is 3.00 bits per heavy atom. The summed E-state index contributed by atoms with van der Waals surface area (Å²) < 4.78 is 0. The summed E-state index contributed by atoms with van der Waals surface area (Å²) in [6.07, 6.45) is 0. The third-order valence-corrected chi connectivity index (χ3v) is 2.14. The van der Waals surface area contributed by atoms with Crippen LogP contribution in [0, 0.1) is 11.3 Å². The second-order valence-electron chi connectivity index (χ2n) is 3.38. The summed E-state index contributed by atoms with van der Waals surface area (Å²) in [6, 6.07) is 8.79. The summed E-state index contributed by atoms with van der Waals surface area (Å²) in [5, 5.41) is 14.0. The third kappa shape index (κ3) is 3.59. The van der Waals surface area contributed by atoms with E-state index in [0.717, 1.165) is 5.56 Å². The summed E-state index contributed by atoms with van der Waals surface area (Å²) >= 11 is 0. The quantitative estimate of drug-likeness (QED) is 0.666. The number of amides is 2. The molecule has 16 heavy (non-hydrogen) atoms. The molecule has 2 amide bonds. The second-order valence-corrected chi connectivity index (χ2v) is 3.38. The maximum atomic E-state index is 10.7. The monoisotopic (exact) mass is 218 g/mol. The van der Waals surface area contributed by atoms with Crippen molar-refractivity contribution in [1.82, 2.24) is 5.32 Å². The van der Waals surface area contributed by atoms with E-state index in [-0.39, 0.29) is 12.6 Å². The zero-order chi connectivity index (χ0) is 12.0. The lowest BCUT2D eigenvalue weighted by molar-refractivity contribution is 0.259. The van der Waals surface area contributed by atoms with E-state index < -0.39 is 6.03 Å². The average Bonchev–Trinajstić information content (AvgIpc) is 2.25. The highest BCUT2D eigenvalue weighted by Crippen LogP contribution is 2.16. The van der Waals surface area contributed by atoms with Gasteiger partial charge in [-0.05, 0) is 24.6 Å². The summed E-state index contributed by atoms with van der Waals surface area (Å²) in [4.78, 5) is 10.7. The normalized spacial score (nSPS) is 11.5. The molecule has 0 aliphatic rings. The van der Waals surface area contributed by atoms with Crippen LogP contribution in [0.15, 0.2) is 24.3 Å². The molecule has 84 valence electrons. The van der Waals surface area contributed by atoms with Crippen LogP contribution in [0.25, 0.3) is 0 Å². The third-order valence-electron chi connectivity index (χ3n) is 2.14. The highest BCUT2D eigenvalue weighted by atomic mass is 16.2. The van der Waals surface area contributed by atoms with Crippen molar-refractivity contribution in [1.29, 1.82) is 5.26 Å². The van der Waals surface area contributed by atoms with Gasteiger partial charge in [-0.2, -0.15) is 5.26 Å². The Bertz CT molecular complexity index is 411. The van der Waals surface area contributed by atoms with Crippen LogP contribution in [-0.4, -0.2) is 12.6 Å². The van der Waals surface area contributed by atoms with Gasteiger partial charge < -0.3 is 11.1 Å². The number of nitriles is 1. The van der Waals surface area contributed by atoms with Crippen molar-refractivity contribution >= 4 is 11.7 Å². The second kappa shape index (κ2) is 5.73. The minimum absolute atomic E-state index is 0.0503. The van der Waals surface area contributed by atoms with E-state index in [2.05, 4.69) is 10.6 Å². The number of carbonyl (C=O) groups is 1. The first-order valence-corrected chi connectivity index (χ1v) is 4.90. The highest BCUT2D eigenvalue weighted by Gasteiger charge is 2.05. The predicted octanol–water partition coefficient (Wildman–Crippen LogP) is 1.35. The topological polar surface area (TPSA) is 90.9 Å². The maximum Gasteiger partial charge on any atom is 0.316 e. The molecule has 1 rings (SSSR count). The van der Waals surface area contributed by atoms with E-state index in [1.54, 1.807) is 6.07 Å². The predicted molar refractivity (Wildman–Crippen MR) is 61.7 cm³/mol. The van der Waals surface area contributed by atoms with Gasteiger partial charge in [0.25, 0.3) is 0 Å². The molecule has 0 heterocycles.